The predicted octanol–water partition coefficient (Wildman–Crippen LogP) is 23.6. The van der Waals surface area contributed by atoms with Gasteiger partial charge in [0.05, 0.1) is 75.1 Å². The summed E-state index contributed by atoms with van der Waals surface area (Å²) in [6.45, 7) is 9.99. The minimum Gasteiger partial charge on any atom is -0.504 e. The molecule has 2 N–H and O–H groups in total. The molecule has 10 aromatic rings. The van der Waals surface area contributed by atoms with E-state index in [1.807, 2.05) is 101 Å². The summed E-state index contributed by atoms with van der Waals surface area (Å²) in [6.07, 6.45) is 16.3. The molecule has 11 rings (SSSR count). The monoisotopic (exact) mass is 1710 g/mol. The van der Waals surface area contributed by atoms with Crippen molar-refractivity contribution in [2.75, 3.05) is 71.0 Å². The van der Waals surface area contributed by atoms with Crippen LogP contribution in [-0.2, 0) is 36.3 Å². The lowest BCUT2D eigenvalue weighted by atomic mass is 9.87. The number of piperidine rings is 1. The highest BCUT2D eigenvalue weighted by Gasteiger charge is 2.34. The lowest BCUT2D eigenvalue weighted by Gasteiger charge is -2.39. The Labute approximate surface area is 727 Å². The first-order valence-electron chi connectivity index (χ1n) is 39.4. The van der Waals surface area contributed by atoms with E-state index in [9.17, 15) is 60.5 Å². The summed E-state index contributed by atoms with van der Waals surface area (Å²) in [7, 11) is 16.2. The number of ether oxygens (including phenoxy) is 9. The molecule has 656 valence electrons. The van der Waals surface area contributed by atoms with Crippen molar-refractivity contribution in [3.05, 3.63) is 339 Å². The number of allylic oxidation sites excluding steroid dienone is 8. The second kappa shape index (κ2) is 52.9. The van der Waals surface area contributed by atoms with E-state index in [-0.39, 0.29) is 40.9 Å². The van der Waals surface area contributed by atoms with Crippen molar-refractivity contribution in [1.29, 1.82) is 0 Å². The van der Waals surface area contributed by atoms with Gasteiger partial charge in [-0.2, -0.15) is 26.3 Å². The van der Waals surface area contributed by atoms with Gasteiger partial charge in [-0.05, 0) is 229 Å². The highest BCUT2D eigenvalue weighted by molar-refractivity contribution is 6.07. The molecule has 0 aliphatic carbocycles. The zero-order valence-corrected chi connectivity index (χ0v) is 72.4. The minimum absolute atomic E-state index is 0.0437. The molecule has 1 saturated heterocycles. The Morgan fingerprint density at radius 1 is 0.328 bits per heavy atom. The van der Waals surface area contributed by atoms with Crippen molar-refractivity contribution in [2.45, 2.75) is 71.9 Å². The highest BCUT2D eigenvalue weighted by atomic mass is 19.4. The third kappa shape index (κ3) is 34.0. The van der Waals surface area contributed by atoms with E-state index in [1.54, 1.807) is 153 Å². The number of methoxy groups -OCH3 is 9. The smallest absolute Gasteiger partial charge is 0.416 e. The lowest BCUT2D eigenvalue weighted by molar-refractivity contribution is -0.138. The minimum atomic E-state index is -4.43. The van der Waals surface area contributed by atoms with Gasteiger partial charge >= 0.3 is 12.4 Å². The Morgan fingerprint density at radius 2 is 0.624 bits per heavy atom. The zero-order valence-electron chi connectivity index (χ0n) is 72.4. The van der Waals surface area contributed by atoms with Crippen LogP contribution in [0.25, 0.3) is 48.6 Å². The molecule has 0 bridgehead atoms. The normalized spacial score (nSPS) is 13.2. The van der Waals surface area contributed by atoms with E-state index < -0.39 is 29.3 Å². The molecule has 1 heterocycles. The fourth-order valence-corrected chi connectivity index (χ4v) is 11.7. The van der Waals surface area contributed by atoms with Crippen LogP contribution in [0.1, 0.15) is 125 Å². The van der Waals surface area contributed by atoms with E-state index in [0.717, 1.165) is 81.1 Å². The lowest BCUT2D eigenvalue weighted by Crippen LogP contribution is -2.37. The Hall–Kier alpha value is -14.2. The van der Waals surface area contributed by atoms with Gasteiger partial charge in [-0.25, -0.2) is 0 Å². The van der Waals surface area contributed by atoms with Crippen molar-refractivity contribution in [2.24, 2.45) is 0 Å². The second-order valence-electron chi connectivity index (χ2n) is 26.4. The first-order valence-corrected chi connectivity index (χ1v) is 39.4. The summed E-state index contributed by atoms with van der Waals surface area (Å²) in [4.78, 5) is 62.4. The summed E-state index contributed by atoms with van der Waals surface area (Å²) in [5.41, 5.74) is 7.44. The molecule has 1 aliphatic heterocycles. The second-order valence-corrected chi connectivity index (χ2v) is 26.4. The molecule has 1 fully saturated rings. The van der Waals surface area contributed by atoms with Gasteiger partial charge in [0.15, 0.2) is 46.1 Å². The van der Waals surface area contributed by atoms with E-state index in [1.165, 1.54) is 110 Å². The van der Waals surface area contributed by atoms with Crippen LogP contribution in [0.15, 0.2) is 267 Å². The van der Waals surface area contributed by atoms with E-state index >= 15 is 0 Å². The Morgan fingerprint density at radius 3 is 0.960 bits per heavy atom. The van der Waals surface area contributed by atoms with Crippen molar-refractivity contribution >= 4 is 77.5 Å². The van der Waals surface area contributed by atoms with Crippen LogP contribution in [0.4, 0.5) is 26.3 Å². The number of benzene rings is 10. The van der Waals surface area contributed by atoms with E-state index in [2.05, 4.69) is 36.2 Å². The molecule has 0 radical (unpaired) electrons. The fourth-order valence-electron chi connectivity index (χ4n) is 11.7. The number of phenolic OH excluding ortho intramolecular Hbond substituents is 2. The number of alkyl halides is 6. The summed E-state index contributed by atoms with van der Waals surface area (Å²) in [5.74, 6) is 4.97. The van der Waals surface area contributed by atoms with Gasteiger partial charge < -0.3 is 52.8 Å². The van der Waals surface area contributed by atoms with Crippen LogP contribution in [0.5, 0.6) is 63.2 Å². The van der Waals surface area contributed by atoms with Crippen molar-refractivity contribution in [3.8, 4) is 63.2 Å². The van der Waals surface area contributed by atoms with Gasteiger partial charge in [0.2, 0.25) is 0 Å². The maximum absolute atomic E-state index is 12.4. The maximum atomic E-state index is 12.4. The SMILES string of the molecule is CC.CC.CN1C(c2ccccc2)CC(=O)CC1c1ccccc1.COc1cc(/C=C/C(=O)/C=C/c2ccc(O)c(OC)c2)ccc1O.COc1ccc(/C=C/C(=O)/C=C/c2ccc(C)cc2OC)c(OC)c1.COc1ccc(OC)c(/C=C/C(=O)/C=C/c2cc(OC)ccc2OC)c1.O=C(/C=C/c1ccc(C(F)(F)F)cc1)/C=C/c1ccc(C(F)(F)F)cc1. The first kappa shape index (κ1) is 101. The van der Waals surface area contributed by atoms with Gasteiger partial charge in [0.25, 0.3) is 0 Å². The Bertz CT molecular complexity index is 5110. The van der Waals surface area contributed by atoms with Crippen LogP contribution in [0.2, 0.25) is 0 Å². The number of ketones is 5. The van der Waals surface area contributed by atoms with E-state index in [4.69, 9.17) is 42.6 Å². The van der Waals surface area contributed by atoms with Crippen molar-refractivity contribution < 1.29 is 103 Å². The molecule has 2 unspecified atom stereocenters. The number of phenols is 2. The van der Waals surface area contributed by atoms with Crippen LogP contribution in [-0.4, -0.2) is 115 Å². The molecule has 0 aromatic heterocycles. The van der Waals surface area contributed by atoms with Crippen LogP contribution >= 0.6 is 0 Å². The molecule has 17 nitrogen and oxygen atoms in total. The van der Waals surface area contributed by atoms with Crippen molar-refractivity contribution in [1.82, 2.24) is 4.90 Å². The largest absolute Gasteiger partial charge is 0.504 e. The number of hydrogen-bond donors (Lipinski definition) is 2. The van der Waals surface area contributed by atoms with Gasteiger partial charge in [-0.3, -0.25) is 28.9 Å². The first-order chi connectivity index (χ1) is 60.0. The summed E-state index contributed by atoms with van der Waals surface area (Å²) in [5, 5.41) is 19.1. The predicted molar refractivity (Wildman–Crippen MR) is 484 cm³/mol. The zero-order chi connectivity index (χ0) is 92.0. The van der Waals surface area contributed by atoms with Gasteiger partial charge in [-0.1, -0.05) is 161 Å². The third-order valence-electron chi connectivity index (χ3n) is 18.2. The van der Waals surface area contributed by atoms with Crippen LogP contribution in [0.3, 0.4) is 0 Å². The summed E-state index contributed by atoms with van der Waals surface area (Å²) >= 11 is 0. The number of hydrogen-bond acceptors (Lipinski definition) is 17. The molecule has 125 heavy (non-hydrogen) atoms. The molecule has 10 aromatic carbocycles. The topological polar surface area (TPSA) is 212 Å². The number of likely N-dealkylation sites (tertiary alicyclic amines) is 1. The summed E-state index contributed by atoms with van der Waals surface area (Å²) < 4.78 is 121. The van der Waals surface area contributed by atoms with Gasteiger partial charge in [0, 0.05) is 53.2 Å². The number of carbonyl (C=O) groups excluding carboxylic acids is 5. The number of halogens is 6. The van der Waals surface area contributed by atoms with Crippen molar-refractivity contribution in [3.63, 3.8) is 0 Å². The number of aromatic hydroxyl groups is 2. The third-order valence-corrected chi connectivity index (χ3v) is 18.2. The average molecular weight is 1710 g/mol. The number of Topliss-reactive ketones (excluding diaryl/α,β-unsaturated/α-hetero) is 1. The maximum Gasteiger partial charge on any atom is 0.416 e. The van der Waals surface area contributed by atoms with Gasteiger partial charge in [-0.15, -0.1) is 0 Å². The van der Waals surface area contributed by atoms with Crippen LogP contribution < -0.4 is 42.6 Å². The van der Waals surface area contributed by atoms with E-state index in [0.29, 0.717) is 75.7 Å². The molecule has 1 aliphatic rings. The molecule has 0 amide bonds. The molecule has 23 heteroatoms. The molecule has 0 saturated carbocycles. The molecular weight excluding hydrogens is 1610 g/mol. The average Bonchev–Trinajstić information content (AvgIpc) is 0.796. The Kier molecular flexibility index (Phi) is 42.9. The number of rotatable bonds is 27. The molecule has 0 spiro atoms. The standard InChI is InChI=1S/C21H22O5.C21H22O4.C19H12F6O.C19H18O5.C18H19NO.2C2H6/c1-23-18-9-11-20(25-3)15(13-18)5-7-17(22)8-6-16-14-19(24-2)10-12-21(16)26-4;1-15-5-6-16(20(13-15)24-3)7-10-18(22)11-8-17-9-12-19(23-2)14-21(17)25-4;20-18(21,22)15-7-1-13(2-8-15)5-11-17(26)12-6-14-3-9-16(10-4-14)19(23,24)25;1-23-18-11-13(5-9-16(18)21)3-7-15(20)8-4-14-6-10-17(22)19(12-14)24-2;1-19-17(14-8-4-2-5-9-14)12-16(20)13-18(19)15-10-6-3-7-11-15;2*1-2/h5-14H,1-4H3;5-14H,1-4H3;1-12H;3-12,21-22H,1-2H3;2-11,17-18H,12-13H2,1H3;2*1-2H3/b7-5+,8-6+;10-7+,11-8+;11-5+,12-6+;7-3+,8-4+;;;. The van der Waals surface area contributed by atoms with Gasteiger partial charge in [0.1, 0.15) is 46.0 Å². The molecule has 2 atom stereocenters. The number of nitrogens with zero attached hydrogens (tertiary/aromatic N) is 1. The fraction of sp³-hybridized carbons (Fsp3) is 0.206. The Balaban J connectivity index is 0.000000275. The quantitative estimate of drug-likeness (QED) is 0.0362. The van der Waals surface area contributed by atoms with Crippen LogP contribution in [0, 0.1) is 6.92 Å². The molecular formula is C102H105F6NO16. The summed E-state index contributed by atoms with van der Waals surface area (Å²) in [6, 6.07) is 61.2. The highest BCUT2D eigenvalue weighted by Crippen LogP contribution is 2.40. The number of aryl methyl sites for hydroxylation is 1. The number of carbonyl (C=O) groups is 5.